The molecule has 2 unspecified atom stereocenters. The number of hydrogen-bond acceptors (Lipinski definition) is 3. The van der Waals surface area contributed by atoms with E-state index in [0.29, 0.717) is 0 Å². The van der Waals surface area contributed by atoms with Crippen molar-refractivity contribution in [1.29, 1.82) is 0 Å². The number of ether oxygens (including phenoxy) is 1. The molecule has 2 aliphatic rings. The van der Waals surface area contributed by atoms with E-state index in [1.165, 1.54) is 0 Å². The van der Waals surface area contributed by atoms with Crippen LogP contribution in [0.5, 0.6) is 0 Å². The molecule has 5 heteroatoms. The zero-order valence-electron chi connectivity index (χ0n) is 10.5. The van der Waals surface area contributed by atoms with Gasteiger partial charge in [-0.25, -0.2) is 0 Å². The maximum absolute atomic E-state index is 12.0. The highest BCUT2D eigenvalue weighted by Crippen LogP contribution is 2.38. The molecular formula is C12H23ClN2O2. The number of halogens is 1. The molecule has 2 atom stereocenters. The van der Waals surface area contributed by atoms with Gasteiger partial charge in [-0.2, -0.15) is 0 Å². The number of amides is 1. The van der Waals surface area contributed by atoms with Gasteiger partial charge in [-0.1, -0.05) is 13.3 Å². The predicted molar refractivity (Wildman–Crippen MR) is 69.2 cm³/mol. The maximum atomic E-state index is 12.0. The molecule has 1 spiro atoms. The second kappa shape index (κ2) is 6.03. The number of rotatable bonds is 3. The Kier molecular flexibility index (Phi) is 5.22. The number of nitrogens with zero attached hydrogens (tertiary/aromatic N) is 1. The van der Waals surface area contributed by atoms with E-state index in [-0.39, 0.29) is 29.8 Å². The molecule has 2 N–H and O–H groups in total. The SMILES string of the molecule is CCCC(N)C(=O)N1CCC2(CCOC2)C1.Cl. The zero-order valence-corrected chi connectivity index (χ0v) is 11.3. The van der Waals surface area contributed by atoms with Crippen LogP contribution in [0.1, 0.15) is 32.6 Å². The van der Waals surface area contributed by atoms with Crippen LogP contribution in [0.2, 0.25) is 0 Å². The molecule has 1 amide bonds. The molecule has 0 aliphatic carbocycles. The Bertz CT molecular complexity index is 267. The molecular weight excluding hydrogens is 240 g/mol. The summed E-state index contributed by atoms with van der Waals surface area (Å²) in [5.41, 5.74) is 6.12. The summed E-state index contributed by atoms with van der Waals surface area (Å²) in [6.07, 6.45) is 3.94. The number of carbonyl (C=O) groups excluding carboxylic acids is 1. The molecule has 2 heterocycles. The Morgan fingerprint density at radius 1 is 1.53 bits per heavy atom. The Morgan fingerprint density at radius 2 is 2.29 bits per heavy atom. The second-order valence-corrected chi connectivity index (χ2v) is 5.21. The zero-order chi connectivity index (χ0) is 11.6. The van der Waals surface area contributed by atoms with Crippen molar-refractivity contribution in [2.75, 3.05) is 26.3 Å². The largest absolute Gasteiger partial charge is 0.381 e. The molecule has 0 aromatic rings. The van der Waals surface area contributed by atoms with Gasteiger partial charge in [0, 0.05) is 25.1 Å². The van der Waals surface area contributed by atoms with Gasteiger partial charge in [-0.3, -0.25) is 4.79 Å². The minimum Gasteiger partial charge on any atom is -0.381 e. The second-order valence-electron chi connectivity index (χ2n) is 5.21. The highest BCUT2D eigenvalue weighted by Gasteiger charge is 2.43. The van der Waals surface area contributed by atoms with Crippen molar-refractivity contribution >= 4 is 18.3 Å². The van der Waals surface area contributed by atoms with Gasteiger partial charge in [-0.15, -0.1) is 12.4 Å². The van der Waals surface area contributed by atoms with Gasteiger partial charge < -0.3 is 15.4 Å². The molecule has 0 radical (unpaired) electrons. The van der Waals surface area contributed by atoms with Gasteiger partial charge in [0.1, 0.15) is 0 Å². The third-order valence-corrected chi connectivity index (χ3v) is 3.85. The first kappa shape index (κ1) is 14.7. The lowest BCUT2D eigenvalue weighted by atomic mass is 9.87. The van der Waals surface area contributed by atoms with Crippen molar-refractivity contribution in [2.45, 2.75) is 38.6 Å². The number of hydrogen-bond donors (Lipinski definition) is 1. The molecule has 2 aliphatic heterocycles. The van der Waals surface area contributed by atoms with E-state index in [1.54, 1.807) is 0 Å². The Balaban J connectivity index is 0.00000144. The lowest BCUT2D eigenvalue weighted by Crippen LogP contribution is -2.43. The Labute approximate surface area is 109 Å². The van der Waals surface area contributed by atoms with Crippen LogP contribution in [0, 0.1) is 5.41 Å². The summed E-state index contributed by atoms with van der Waals surface area (Å²) in [5, 5.41) is 0. The Morgan fingerprint density at radius 3 is 2.88 bits per heavy atom. The van der Waals surface area contributed by atoms with Gasteiger partial charge in [0.05, 0.1) is 12.6 Å². The third kappa shape index (κ3) is 3.12. The first-order valence-electron chi connectivity index (χ1n) is 6.29. The lowest BCUT2D eigenvalue weighted by molar-refractivity contribution is -0.132. The van der Waals surface area contributed by atoms with Crippen LogP contribution in [0.25, 0.3) is 0 Å². The van der Waals surface area contributed by atoms with E-state index in [1.807, 2.05) is 4.90 Å². The molecule has 2 fully saturated rings. The fraction of sp³-hybridized carbons (Fsp3) is 0.917. The van der Waals surface area contributed by atoms with Crippen LogP contribution in [0.4, 0.5) is 0 Å². The van der Waals surface area contributed by atoms with E-state index < -0.39 is 0 Å². The van der Waals surface area contributed by atoms with E-state index in [2.05, 4.69) is 6.92 Å². The third-order valence-electron chi connectivity index (χ3n) is 3.85. The molecule has 0 aromatic carbocycles. The molecule has 100 valence electrons. The standard InChI is InChI=1S/C12H22N2O2.ClH/c1-2-3-10(13)11(15)14-6-4-12(8-14)5-7-16-9-12;/h10H,2-9,13H2,1H3;1H. The minimum absolute atomic E-state index is 0. The number of nitrogens with two attached hydrogens (primary N) is 1. The first-order valence-corrected chi connectivity index (χ1v) is 6.29. The Hall–Kier alpha value is -0.320. The molecule has 17 heavy (non-hydrogen) atoms. The van der Waals surface area contributed by atoms with Gasteiger partial charge in [0.25, 0.3) is 0 Å². The average Bonchev–Trinajstić information content (AvgIpc) is 2.89. The summed E-state index contributed by atoms with van der Waals surface area (Å²) in [4.78, 5) is 14.0. The van der Waals surface area contributed by atoms with Crippen molar-refractivity contribution in [3.63, 3.8) is 0 Å². The predicted octanol–water partition coefficient (Wildman–Crippen LogP) is 1.17. The highest BCUT2D eigenvalue weighted by atomic mass is 35.5. The van der Waals surface area contributed by atoms with Crippen LogP contribution in [-0.2, 0) is 9.53 Å². The lowest BCUT2D eigenvalue weighted by Gasteiger charge is -2.24. The van der Waals surface area contributed by atoms with E-state index in [9.17, 15) is 4.79 Å². The smallest absolute Gasteiger partial charge is 0.239 e. The molecule has 0 aromatic heterocycles. The summed E-state index contributed by atoms with van der Waals surface area (Å²) >= 11 is 0. The fourth-order valence-electron chi connectivity index (χ4n) is 2.76. The first-order chi connectivity index (χ1) is 7.67. The van der Waals surface area contributed by atoms with Gasteiger partial charge in [0.2, 0.25) is 5.91 Å². The maximum Gasteiger partial charge on any atom is 0.239 e. The monoisotopic (exact) mass is 262 g/mol. The van der Waals surface area contributed by atoms with Gasteiger partial charge in [-0.05, 0) is 19.3 Å². The fourth-order valence-corrected chi connectivity index (χ4v) is 2.76. The van der Waals surface area contributed by atoms with E-state index in [0.717, 1.165) is 52.0 Å². The summed E-state index contributed by atoms with van der Waals surface area (Å²) in [5.74, 6) is 0.130. The van der Waals surface area contributed by atoms with Crippen LogP contribution in [0.15, 0.2) is 0 Å². The van der Waals surface area contributed by atoms with Gasteiger partial charge in [0.15, 0.2) is 0 Å². The van der Waals surface area contributed by atoms with Crippen LogP contribution < -0.4 is 5.73 Å². The van der Waals surface area contributed by atoms with Crippen molar-refractivity contribution < 1.29 is 9.53 Å². The van der Waals surface area contributed by atoms with Crippen LogP contribution in [0.3, 0.4) is 0 Å². The van der Waals surface area contributed by atoms with E-state index >= 15 is 0 Å². The summed E-state index contributed by atoms with van der Waals surface area (Å²) in [7, 11) is 0. The van der Waals surface area contributed by atoms with E-state index in [4.69, 9.17) is 10.5 Å². The normalized spacial score (nSPS) is 29.4. The van der Waals surface area contributed by atoms with Crippen molar-refractivity contribution in [1.82, 2.24) is 4.90 Å². The molecule has 2 rings (SSSR count). The van der Waals surface area contributed by atoms with Crippen molar-refractivity contribution in [2.24, 2.45) is 11.1 Å². The van der Waals surface area contributed by atoms with Gasteiger partial charge >= 0.3 is 0 Å². The van der Waals surface area contributed by atoms with Crippen molar-refractivity contribution in [3.05, 3.63) is 0 Å². The summed E-state index contributed by atoms with van der Waals surface area (Å²) in [6, 6.07) is -0.303. The quantitative estimate of drug-likeness (QED) is 0.831. The van der Waals surface area contributed by atoms with Crippen LogP contribution in [-0.4, -0.2) is 43.2 Å². The van der Waals surface area contributed by atoms with Crippen molar-refractivity contribution in [3.8, 4) is 0 Å². The molecule has 4 nitrogen and oxygen atoms in total. The topological polar surface area (TPSA) is 55.6 Å². The molecule has 2 saturated heterocycles. The summed E-state index contributed by atoms with van der Waals surface area (Å²) in [6.45, 7) is 5.44. The summed E-state index contributed by atoms with van der Waals surface area (Å²) < 4.78 is 5.45. The highest BCUT2D eigenvalue weighted by molar-refractivity contribution is 5.85. The number of likely N-dealkylation sites (tertiary alicyclic amines) is 1. The molecule has 0 bridgehead atoms. The average molecular weight is 263 g/mol. The minimum atomic E-state index is -0.303. The number of carbonyl (C=O) groups is 1. The van der Waals surface area contributed by atoms with Crippen LogP contribution >= 0.6 is 12.4 Å². The molecule has 0 saturated carbocycles.